The monoisotopic (exact) mass is 1730 g/mol. The molecule has 0 saturated carbocycles. The van der Waals surface area contributed by atoms with Gasteiger partial charge in [-0.1, -0.05) is 396 Å². The predicted molar refractivity (Wildman–Crippen MR) is 509 cm³/mol. The Morgan fingerprint density at radius 1 is 0.240 bits per heavy atom. The molecule has 5 atom stereocenters. The number of hydrogen-bond donors (Lipinski definition) is 4. The van der Waals surface area contributed by atoms with Crippen LogP contribution >= 0.6 is 15.6 Å². The third-order valence-electron chi connectivity index (χ3n) is 20.1. The summed E-state index contributed by atoms with van der Waals surface area (Å²) >= 11 is 0. The van der Waals surface area contributed by atoms with Gasteiger partial charge in [-0.3, -0.25) is 32.5 Å². The first-order valence-corrected chi connectivity index (χ1v) is 51.1. The maximum Gasteiger partial charge on any atom is 0.472 e. The average Bonchev–Trinajstić information content (AvgIpc) is 0.877. The van der Waals surface area contributed by atoms with Crippen LogP contribution in [0.15, 0.2) is 182 Å². The van der Waals surface area contributed by atoms with E-state index in [1.807, 2.05) is 0 Å². The number of ether oxygens (including phenoxy) is 3. The van der Waals surface area contributed by atoms with Gasteiger partial charge in [-0.15, -0.1) is 0 Å². The number of unbranched alkanes of at least 4 members (excludes halogenated alkanes) is 37. The Kier molecular flexibility index (Phi) is 89.6. The van der Waals surface area contributed by atoms with E-state index in [0.717, 1.165) is 167 Å². The summed E-state index contributed by atoms with van der Waals surface area (Å²) in [5, 5.41) is 20.8. The van der Waals surface area contributed by atoms with Crippen LogP contribution in [-0.4, -0.2) is 95.9 Å². The first kappa shape index (κ1) is 116. The van der Waals surface area contributed by atoms with E-state index in [2.05, 4.69) is 203 Å². The first-order valence-electron chi connectivity index (χ1n) is 48.1. The first-order chi connectivity index (χ1) is 59.2. The number of hydrogen-bond acceptors (Lipinski definition) is 14. The van der Waals surface area contributed by atoms with Crippen molar-refractivity contribution in [3.05, 3.63) is 182 Å². The van der Waals surface area contributed by atoms with Crippen LogP contribution < -0.4 is 0 Å². The second-order valence-electron chi connectivity index (χ2n) is 31.8. The number of carbonyl (C=O) groups is 3. The maximum atomic E-state index is 13.1. The number of allylic oxidation sites excluding steroid dienone is 30. The minimum absolute atomic E-state index is 0.0697. The summed E-state index contributed by atoms with van der Waals surface area (Å²) in [5.41, 5.74) is 0. The van der Waals surface area contributed by atoms with Crippen LogP contribution in [0.25, 0.3) is 0 Å². The molecule has 0 rings (SSSR count). The fraction of sp³-hybridized carbons (Fsp3) is 0.680. The van der Waals surface area contributed by atoms with Gasteiger partial charge in [-0.25, -0.2) is 9.13 Å². The van der Waals surface area contributed by atoms with E-state index < -0.39 is 91.5 Å². The fourth-order valence-electron chi connectivity index (χ4n) is 12.9. The smallest absolute Gasteiger partial charge is 0.463 e. The third kappa shape index (κ3) is 95.2. The van der Waals surface area contributed by atoms with Gasteiger partial charge < -0.3 is 34.2 Å². The molecule has 121 heavy (non-hydrogen) atoms. The minimum atomic E-state index is -4.96. The summed E-state index contributed by atoms with van der Waals surface area (Å²) in [4.78, 5) is 59.1. The van der Waals surface area contributed by atoms with Crippen LogP contribution in [0.3, 0.4) is 0 Å². The van der Waals surface area contributed by atoms with Gasteiger partial charge in [0.2, 0.25) is 0 Å². The number of phosphoric ester groups is 2. The molecule has 0 aliphatic rings. The SMILES string of the molecule is CC/C=C\C/C=C\C/C=C\C/C=C\C/C=C\C/C=C\CCCCCCC(=O)OC(COC(=O)CCCCCCCCCCCCCCC/C=C\C/C=C\C/C=C\C/C=C\CCCCC)COP(=O)(O)OCC(O)COP(=O)(O)OCC(O)COC(=O)CCCCCCCCCCCCCCCCCCC/C=C\C/C=C\C/C=C\C/C=C\C/C=C\CC. The number of aliphatic hydroxyl groups is 2. The van der Waals surface area contributed by atoms with Crippen molar-refractivity contribution in [2.24, 2.45) is 0 Å². The Hall–Kier alpha value is -5.35. The van der Waals surface area contributed by atoms with Gasteiger partial charge in [0.25, 0.3) is 0 Å². The second-order valence-corrected chi connectivity index (χ2v) is 34.7. The molecule has 0 aromatic carbocycles. The van der Waals surface area contributed by atoms with Crippen LogP contribution in [0, 0.1) is 0 Å². The Bertz CT molecular complexity index is 2930. The van der Waals surface area contributed by atoms with E-state index in [1.165, 1.54) is 167 Å². The molecular formula is C103H174O16P2. The second kappa shape index (κ2) is 93.8. The van der Waals surface area contributed by atoms with Crippen molar-refractivity contribution in [3.8, 4) is 0 Å². The molecule has 18 heteroatoms. The molecule has 0 bridgehead atoms. The van der Waals surface area contributed by atoms with Crippen molar-refractivity contribution in [2.45, 2.75) is 411 Å². The minimum Gasteiger partial charge on any atom is -0.463 e. The fourth-order valence-corrected chi connectivity index (χ4v) is 14.5. The van der Waals surface area contributed by atoms with Gasteiger partial charge in [0.1, 0.15) is 25.4 Å². The number of aliphatic hydroxyl groups excluding tert-OH is 2. The van der Waals surface area contributed by atoms with Crippen LogP contribution in [0.2, 0.25) is 0 Å². The van der Waals surface area contributed by atoms with Crippen molar-refractivity contribution in [2.75, 3.05) is 39.6 Å². The zero-order valence-electron chi connectivity index (χ0n) is 76.4. The molecule has 16 nitrogen and oxygen atoms in total. The molecule has 0 heterocycles. The lowest BCUT2D eigenvalue weighted by molar-refractivity contribution is -0.161. The highest BCUT2D eigenvalue weighted by Gasteiger charge is 2.30. The lowest BCUT2D eigenvalue weighted by Gasteiger charge is -2.21. The zero-order chi connectivity index (χ0) is 87.9. The Labute approximate surface area is 738 Å². The highest BCUT2D eigenvalue weighted by Crippen LogP contribution is 2.45. The lowest BCUT2D eigenvalue weighted by atomic mass is 10.0. The van der Waals surface area contributed by atoms with E-state index in [4.69, 9.17) is 32.3 Å². The molecule has 0 saturated heterocycles. The molecule has 0 aliphatic carbocycles. The van der Waals surface area contributed by atoms with Crippen molar-refractivity contribution in [1.82, 2.24) is 0 Å². The molecule has 0 fully saturated rings. The number of rotatable bonds is 90. The highest BCUT2D eigenvalue weighted by atomic mass is 31.2. The lowest BCUT2D eigenvalue weighted by Crippen LogP contribution is -2.30. The van der Waals surface area contributed by atoms with Crippen LogP contribution in [0.1, 0.15) is 393 Å². The van der Waals surface area contributed by atoms with Gasteiger partial charge in [0.15, 0.2) is 6.10 Å². The molecule has 5 unspecified atom stereocenters. The highest BCUT2D eigenvalue weighted by molar-refractivity contribution is 7.47. The van der Waals surface area contributed by atoms with Crippen LogP contribution in [0.4, 0.5) is 0 Å². The molecule has 692 valence electrons. The summed E-state index contributed by atoms with van der Waals surface area (Å²) < 4.78 is 61.5. The average molecular weight is 1730 g/mol. The largest absolute Gasteiger partial charge is 0.472 e. The van der Waals surface area contributed by atoms with E-state index in [1.54, 1.807) is 0 Å². The Morgan fingerprint density at radius 3 is 0.694 bits per heavy atom. The van der Waals surface area contributed by atoms with Gasteiger partial charge >= 0.3 is 33.6 Å². The van der Waals surface area contributed by atoms with E-state index in [9.17, 15) is 43.5 Å². The number of phosphoric acid groups is 2. The molecule has 0 amide bonds. The summed E-state index contributed by atoms with van der Waals surface area (Å²) in [6, 6.07) is 0. The predicted octanol–water partition coefficient (Wildman–Crippen LogP) is 30.0. The Morgan fingerprint density at radius 2 is 0.438 bits per heavy atom. The molecule has 4 N–H and O–H groups in total. The van der Waals surface area contributed by atoms with Crippen LogP contribution in [0.5, 0.6) is 0 Å². The maximum absolute atomic E-state index is 13.1. The molecule has 0 aliphatic heterocycles. The molecular weight excluding hydrogens is 1560 g/mol. The molecule has 0 spiro atoms. The number of esters is 3. The zero-order valence-corrected chi connectivity index (χ0v) is 78.2. The molecule has 0 aromatic heterocycles. The summed E-state index contributed by atoms with van der Waals surface area (Å²) in [5.74, 6) is -1.60. The standard InChI is InChI=1S/C103H174O16P2/c1-4-7-10-13-16-19-22-25-28-31-34-37-40-42-44-46-47-48-49-51-53-54-57-59-62-65-68-71-74-77-80-83-86-89-101(106)113-92-98(104)93-115-120(109,110)116-94-99(105)95-117-121(111,112)118-97-100(119-103(108)91-88-85-82-79-76-73-70-67-64-61-56-39-36-33-30-27-24-21-18-15-12-9-6-3)96-114-102(107)90-87-84-81-78-75-72-69-66-63-60-58-55-52-50-45-43-41-38-35-32-29-26-23-20-17-14-11-8-5-2/h7,9-10,12,16-21,25-30,34-39,42-45,61,64,70,73,98-100,104-105H,4-6,8,11,13-15,22-24,31-33,40-41,46-60,62-63,65-69,71-72,74-97H2,1-3H3,(H,109,110)(H,111,112)/b10-7-,12-9-,19-16-,20-17-,21-18-,28-25-,29-26-,30-27-,37-34-,38-35-,39-36-,44-42-,45-43-,64-61-,73-70-. The van der Waals surface area contributed by atoms with Gasteiger partial charge in [0, 0.05) is 19.3 Å². The van der Waals surface area contributed by atoms with E-state index >= 15 is 0 Å². The summed E-state index contributed by atoms with van der Waals surface area (Å²) in [6.45, 7) is 2.44. The normalized spacial score (nSPS) is 14.5. The topological polar surface area (TPSA) is 231 Å². The van der Waals surface area contributed by atoms with Gasteiger partial charge in [0.05, 0.1) is 26.4 Å². The Balaban J connectivity index is 4.60. The van der Waals surface area contributed by atoms with Gasteiger partial charge in [-0.2, -0.15) is 0 Å². The van der Waals surface area contributed by atoms with Crippen LogP contribution in [-0.2, 0) is 55.8 Å². The van der Waals surface area contributed by atoms with E-state index in [0.29, 0.717) is 19.3 Å². The van der Waals surface area contributed by atoms with E-state index in [-0.39, 0.29) is 19.3 Å². The summed E-state index contributed by atoms with van der Waals surface area (Å²) in [6.07, 6.45) is 124. The molecule has 0 radical (unpaired) electrons. The van der Waals surface area contributed by atoms with Crippen molar-refractivity contribution in [1.29, 1.82) is 0 Å². The van der Waals surface area contributed by atoms with Crippen molar-refractivity contribution >= 4 is 33.6 Å². The van der Waals surface area contributed by atoms with Crippen molar-refractivity contribution in [3.63, 3.8) is 0 Å². The number of carbonyl (C=O) groups excluding carboxylic acids is 3. The third-order valence-corrected chi connectivity index (χ3v) is 22.0. The molecule has 0 aromatic rings. The van der Waals surface area contributed by atoms with Gasteiger partial charge in [-0.05, 0) is 161 Å². The summed E-state index contributed by atoms with van der Waals surface area (Å²) in [7, 11) is -9.83. The quantitative estimate of drug-likeness (QED) is 0.0146. The van der Waals surface area contributed by atoms with Crippen molar-refractivity contribution < 1.29 is 75.8 Å².